The first-order valence-electron chi connectivity index (χ1n) is 5.71. The van der Waals surface area contributed by atoms with Gasteiger partial charge in [-0.05, 0) is 9.10 Å². The van der Waals surface area contributed by atoms with Gasteiger partial charge in [0.15, 0.2) is 5.84 Å². The molecule has 0 radical (unpaired) electrons. The van der Waals surface area contributed by atoms with Crippen molar-refractivity contribution in [2.75, 3.05) is 19.8 Å². The molecule has 1 aliphatic heterocycles. The first kappa shape index (κ1) is 15.6. The number of urea groups is 1. The maximum Gasteiger partial charge on any atom is 0.463 e. The number of amides is 2. The molecule has 0 aromatic heterocycles. The normalized spacial score (nSPS) is 22.3. The summed E-state index contributed by atoms with van der Waals surface area (Å²) in [4.78, 5) is 28.5. The van der Waals surface area contributed by atoms with Crippen LogP contribution in [0.5, 0.6) is 0 Å². The summed E-state index contributed by atoms with van der Waals surface area (Å²) in [6.45, 7) is 5.81. The van der Waals surface area contributed by atoms with Crippen LogP contribution in [0.15, 0.2) is 10.1 Å². The zero-order chi connectivity index (χ0) is 14.8. The van der Waals surface area contributed by atoms with E-state index in [0.717, 1.165) is 11.9 Å². The summed E-state index contributed by atoms with van der Waals surface area (Å²) in [5, 5.41) is 13.1. The minimum Gasteiger partial charge on any atom is -0.480 e. The lowest BCUT2D eigenvalue weighted by molar-refractivity contribution is -0.606. The third-order valence-corrected chi connectivity index (χ3v) is 3.39. The van der Waals surface area contributed by atoms with E-state index in [2.05, 4.69) is 10.1 Å². The molecule has 0 spiro atoms. The molecular weight excluding hydrogens is 268 g/mol. The highest BCUT2D eigenvalue weighted by molar-refractivity contribution is 7.95. The van der Waals surface area contributed by atoms with Crippen LogP contribution in [-0.4, -0.2) is 58.0 Å². The number of rotatable bonds is 3. The first-order chi connectivity index (χ1) is 8.58. The number of nitrogens with zero attached hydrogens (tertiary/aromatic N) is 4. The summed E-state index contributed by atoms with van der Waals surface area (Å²) in [6.07, 6.45) is 1.39. The van der Waals surface area contributed by atoms with Gasteiger partial charge in [-0.15, -0.1) is 0 Å². The monoisotopic (exact) mass is 287 g/mol. The van der Waals surface area contributed by atoms with E-state index in [1.807, 2.05) is 20.8 Å². The minimum atomic E-state index is -0.998. The Morgan fingerprint density at radius 2 is 2.00 bits per heavy atom. The van der Waals surface area contributed by atoms with Gasteiger partial charge in [0, 0.05) is 19.5 Å². The van der Waals surface area contributed by atoms with Crippen molar-refractivity contribution in [3.05, 3.63) is 0 Å². The standard InChI is InChI=1S/C11H18N4O3S/c1-11(2,3)9-12-7-15(13-9,10(18)14(4)5)19-6-8(16)17/h7H,6H2,1-5H3/p+1. The first-order valence-corrected chi connectivity index (χ1v) is 6.65. The van der Waals surface area contributed by atoms with Crippen molar-refractivity contribution >= 4 is 36.1 Å². The van der Waals surface area contributed by atoms with Crippen molar-refractivity contribution in [2.45, 2.75) is 20.8 Å². The predicted molar refractivity (Wildman–Crippen MR) is 74.8 cm³/mol. The molecular formula is C11H19N4O3S+. The molecule has 0 aromatic carbocycles. The molecule has 1 N–H and O–H groups in total. The molecule has 1 heterocycles. The van der Waals surface area contributed by atoms with Gasteiger partial charge >= 0.3 is 12.0 Å². The lowest BCUT2D eigenvalue weighted by Gasteiger charge is -2.22. The van der Waals surface area contributed by atoms with Crippen LogP contribution in [0.3, 0.4) is 0 Å². The van der Waals surface area contributed by atoms with Crippen molar-refractivity contribution < 1.29 is 18.7 Å². The van der Waals surface area contributed by atoms with Gasteiger partial charge in [0.2, 0.25) is 6.34 Å². The molecule has 8 heteroatoms. The lowest BCUT2D eigenvalue weighted by Crippen LogP contribution is -2.46. The topological polar surface area (TPSA) is 82.3 Å². The summed E-state index contributed by atoms with van der Waals surface area (Å²) >= 11 is 0.906. The van der Waals surface area contributed by atoms with Crippen LogP contribution >= 0.6 is 11.9 Å². The second kappa shape index (κ2) is 5.30. The Bertz CT molecular complexity index is 453. The van der Waals surface area contributed by atoms with Gasteiger partial charge in [0.1, 0.15) is 17.7 Å². The molecule has 19 heavy (non-hydrogen) atoms. The van der Waals surface area contributed by atoms with Crippen LogP contribution in [-0.2, 0) is 4.79 Å². The Morgan fingerprint density at radius 1 is 1.42 bits per heavy atom. The Kier molecular flexibility index (Phi) is 4.36. The fraction of sp³-hybridized carbons (Fsp3) is 0.636. The average Bonchev–Trinajstić information content (AvgIpc) is 2.70. The Hall–Kier alpha value is -1.41. The zero-order valence-electron chi connectivity index (χ0n) is 11.7. The number of aliphatic carboxylic acids is 1. The zero-order valence-corrected chi connectivity index (χ0v) is 12.6. The van der Waals surface area contributed by atoms with E-state index in [1.54, 1.807) is 14.1 Å². The van der Waals surface area contributed by atoms with Gasteiger partial charge in [-0.3, -0.25) is 9.69 Å². The summed E-state index contributed by atoms with van der Waals surface area (Å²) in [7, 11) is 3.20. The number of amidine groups is 1. The fourth-order valence-corrected chi connectivity index (χ4v) is 2.15. The van der Waals surface area contributed by atoms with Crippen molar-refractivity contribution in [1.29, 1.82) is 0 Å². The number of quaternary nitrogens is 1. The molecule has 0 bridgehead atoms. The summed E-state index contributed by atoms with van der Waals surface area (Å²) < 4.78 is -0.494. The number of carboxylic acids is 1. The van der Waals surface area contributed by atoms with Gasteiger partial charge in [0.05, 0.1) is 0 Å². The van der Waals surface area contributed by atoms with Gasteiger partial charge < -0.3 is 5.11 Å². The third kappa shape index (κ3) is 3.54. The second-order valence-corrected chi connectivity index (χ2v) is 6.49. The van der Waals surface area contributed by atoms with Gasteiger partial charge in [-0.25, -0.2) is 4.79 Å². The molecule has 0 aliphatic carbocycles. The van der Waals surface area contributed by atoms with Gasteiger partial charge in [-0.2, -0.15) is 4.99 Å². The largest absolute Gasteiger partial charge is 0.480 e. The quantitative estimate of drug-likeness (QED) is 0.631. The van der Waals surface area contributed by atoms with Crippen LogP contribution in [0.2, 0.25) is 0 Å². The van der Waals surface area contributed by atoms with E-state index < -0.39 is 9.97 Å². The number of hydrogen-bond donors (Lipinski definition) is 1. The fourth-order valence-electron chi connectivity index (χ4n) is 1.32. The number of hydrogen-bond acceptors (Lipinski definition) is 5. The van der Waals surface area contributed by atoms with E-state index in [1.165, 1.54) is 11.2 Å². The number of aliphatic imine (C=N–C) groups is 1. The highest BCUT2D eigenvalue weighted by Crippen LogP contribution is 2.31. The van der Waals surface area contributed by atoms with Crippen LogP contribution < -0.4 is 0 Å². The Balaban J connectivity index is 3.10. The molecule has 0 saturated heterocycles. The Labute approximate surface area is 116 Å². The van der Waals surface area contributed by atoms with E-state index >= 15 is 0 Å². The third-order valence-electron chi connectivity index (χ3n) is 2.29. The van der Waals surface area contributed by atoms with Gasteiger partial charge in [0.25, 0.3) is 0 Å². The maximum atomic E-state index is 12.2. The van der Waals surface area contributed by atoms with Crippen molar-refractivity contribution in [3.8, 4) is 0 Å². The molecule has 1 aliphatic rings. The minimum absolute atomic E-state index is 0.230. The summed E-state index contributed by atoms with van der Waals surface area (Å²) in [6, 6.07) is -0.339. The van der Waals surface area contributed by atoms with E-state index in [9.17, 15) is 9.59 Å². The molecule has 2 amide bonds. The van der Waals surface area contributed by atoms with Crippen LogP contribution in [0.4, 0.5) is 4.79 Å². The van der Waals surface area contributed by atoms with Crippen LogP contribution in [0, 0.1) is 5.41 Å². The molecule has 1 atom stereocenters. The number of carboxylic acid groups (broad SMARTS) is 1. The van der Waals surface area contributed by atoms with Crippen molar-refractivity contribution in [1.82, 2.24) is 4.90 Å². The number of carbonyl (C=O) groups excluding carboxylic acids is 1. The highest BCUT2D eigenvalue weighted by atomic mass is 32.2. The SMILES string of the molecule is CN(C)C(=O)[N+]1(SCC(=O)O)C=NC(C(C)(C)C)=N1. The van der Waals surface area contributed by atoms with Gasteiger partial charge in [-0.1, -0.05) is 20.8 Å². The molecule has 1 rings (SSSR count). The van der Waals surface area contributed by atoms with E-state index in [4.69, 9.17) is 5.11 Å². The summed E-state index contributed by atoms with van der Waals surface area (Å²) in [5.74, 6) is -0.700. The van der Waals surface area contributed by atoms with E-state index in [0.29, 0.717) is 5.84 Å². The number of carbonyl (C=O) groups is 2. The predicted octanol–water partition coefficient (Wildman–Crippen LogP) is 1.62. The molecule has 0 fully saturated rings. The van der Waals surface area contributed by atoms with Crippen molar-refractivity contribution in [3.63, 3.8) is 0 Å². The highest BCUT2D eigenvalue weighted by Gasteiger charge is 2.46. The van der Waals surface area contributed by atoms with Crippen LogP contribution in [0.25, 0.3) is 0 Å². The smallest absolute Gasteiger partial charge is 0.463 e. The lowest BCUT2D eigenvalue weighted by atomic mass is 9.96. The summed E-state index contributed by atoms with van der Waals surface area (Å²) in [5.41, 5.74) is -0.299. The van der Waals surface area contributed by atoms with Crippen molar-refractivity contribution in [2.24, 2.45) is 15.5 Å². The molecule has 0 saturated carbocycles. The molecule has 106 valence electrons. The molecule has 0 aromatic rings. The molecule has 7 nitrogen and oxygen atoms in total. The van der Waals surface area contributed by atoms with Crippen LogP contribution in [0.1, 0.15) is 20.8 Å². The van der Waals surface area contributed by atoms with E-state index in [-0.39, 0.29) is 17.2 Å². The second-order valence-electron chi connectivity index (χ2n) is 5.39. The maximum absolute atomic E-state index is 12.2. The Morgan fingerprint density at radius 3 is 2.37 bits per heavy atom. The molecule has 1 unspecified atom stereocenters. The average molecular weight is 287 g/mol.